The van der Waals surface area contributed by atoms with E-state index in [9.17, 15) is 4.79 Å². The van der Waals surface area contributed by atoms with Gasteiger partial charge in [0.05, 0.1) is 12.7 Å². The lowest BCUT2D eigenvalue weighted by molar-refractivity contribution is 0.0918. The van der Waals surface area contributed by atoms with Gasteiger partial charge in [-0.15, -0.1) is 11.6 Å². The largest absolute Gasteiger partial charge is 0.496 e. The Hall–Kier alpha value is -0.740. The maximum atomic E-state index is 12.4. The van der Waals surface area contributed by atoms with E-state index in [1.807, 2.05) is 6.07 Å². The summed E-state index contributed by atoms with van der Waals surface area (Å²) < 4.78 is 6.16. The molecule has 1 saturated carbocycles. The molecule has 1 fully saturated rings. The van der Waals surface area contributed by atoms with Crippen molar-refractivity contribution in [1.82, 2.24) is 5.32 Å². The van der Waals surface area contributed by atoms with Gasteiger partial charge in [-0.25, -0.2) is 0 Å². The normalized spacial score (nSPS) is 17.3. The Morgan fingerprint density at radius 3 is 2.71 bits per heavy atom. The van der Waals surface area contributed by atoms with Crippen LogP contribution < -0.4 is 10.1 Å². The fraction of sp³-hybridized carbons (Fsp3) is 0.562. The number of alkyl halides is 1. The Labute approximate surface area is 139 Å². The highest BCUT2D eigenvalue weighted by molar-refractivity contribution is 9.10. The average molecular weight is 375 g/mol. The first-order valence-electron chi connectivity index (χ1n) is 7.28. The van der Waals surface area contributed by atoms with Crippen LogP contribution in [0.25, 0.3) is 0 Å². The van der Waals surface area contributed by atoms with Crippen molar-refractivity contribution in [2.45, 2.75) is 32.1 Å². The molecular formula is C16H21BrClNO2. The van der Waals surface area contributed by atoms with E-state index in [1.54, 1.807) is 19.2 Å². The second-order valence-corrected chi connectivity index (χ2v) is 6.90. The van der Waals surface area contributed by atoms with Gasteiger partial charge >= 0.3 is 0 Å². The van der Waals surface area contributed by atoms with E-state index in [0.717, 1.165) is 17.3 Å². The van der Waals surface area contributed by atoms with Crippen molar-refractivity contribution in [2.75, 3.05) is 19.5 Å². The van der Waals surface area contributed by atoms with Crippen molar-refractivity contribution in [1.29, 1.82) is 0 Å². The van der Waals surface area contributed by atoms with Gasteiger partial charge in [0, 0.05) is 22.3 Å². The lowest BCUT2D eigenvalue weighted by atomic mass is 9.75. The van der Waals surface area contributed by atoms with E-state index in [2.05, 4.69) is 21.2 Å². The topological polar surface area (TPSA) is 38.3 Å². The summed E-state index contributed by atoms with van der Waals surface area (Å²) in [6, 6.07) is 5.41. The molecule has 0 bridgehead atoms. The van der Waals surface area contributed by atoms with E-state index < -0.39 is 0 Å². The van der Waals surface area contributed by atoms with Crippen LogP contribution in [0.2, 0.25) is 0 Å². The quantitative estimate of drug-likeness (QED) is 0.777. The first-order chi connectivity index (χ1) is 10.1. The number of rotatable bonds is 5. The zero-order valence-electron chi connectivity index (χ0n) is 12.3. The first kappa shape index (κ1) is 16.6. The zero-order valence-corrected chi connectivity index (χ0v) is 14.6. The van der Waals surface area contributed by atoms with Gasteiger partial charge in [0.25, 0.3) is 5.91 Å². The SMILES string of the molecule is COc1cc(Br)ccc1C(=O)NCC1(CCl)CCCCC1. The standard InChI is InChI=1S/C16H21BrClNO2/c1-21-14-9-12(17)5-6-13(14)15(20)19-11-16(10-18)7-3-2-4-8-16/h5-6,9H,2-4,7-8,10-11H2,1H3,(H,19,20). The fourth-order valence-electron chi connectivity index (χ4n) is 2.88. The number of benzene rings is 1. The first-order valence-corrected chi connectivity index (χ1v) is 8.61. The molecule has 0 radical (unpaired) electrons. The molecule has 116 valence electrons. The zero-order chi connectivity index (χ0) is 15.3. The van der Waals surface area contributed by atoms with E-state index >= 15 is 0 Å². The highest BCUT2D eigenvalue weighted by Crippen LogP contribution is 2.37. The molecular weight excluding hydrogens is 354 g/mol. The molecule has 0 unspecified atom stereocenters. The monoisotopic (exact) mass is 373 g/mol. The van der Waals surface area contributed by atoms with Crippen LogP contribution >= 0.6 is 27.5 Å². The Kier molecular flexibility index (Phi) is 5.94. The van der Waals surface area contributed by atoms with E-state index in [-0.39, 0.29) is 11.3 Å². The summed E-state index contributed by atoms with van der Waals surface area (Å²) in [5, 5.41) is 3.04. The molecule has 5 heteroatoms. The van der Waals surface area contributed by atoms with Gasteiger partial charge in [-0.3, -0.25) is 4.79 Å². The van der Waals surface area contributed by atoms with Crippen LogP contribution in [-0.4, -0.2) is 25.4 Å². The molecule has 1 N–H and O–H groups in total. The summed E-state index contributed by atoms with van der Waals surface area (Å²) >= 11 is 9.54. The number of halogens is 2. The number of carbonyl (C=O) groups excluding carboxylic acids is 1. The van der Waals surface area contributed by atoms with Crippen LogP contribution in [0.3, 0.4) is 0 Å². The number of methoxy groups -OCH3 is 1. The summed E-state index contributed by atoms with van der Waals surface area (Å²) in [7, 11) is 1.57. The molecule has 1 aromatic rings. The van der Waals surface area contributed by atoms with Crippen molar-refractivity contribution in [3.63, 3.8) is 0 Å². The van der Waals surface area contributed by atoms with E-state index in [1.165, 1.54) is 19.3 Å². The second-order valence-electron chi connectivity index (χ2n) is 5.72. The predicted octanol–water partition coefficient (Wildman–Crippen LogP) is 4.38. The Balaban J connectivity index is 2.04. The van der Waals surface area contributed by atoms with Gasteiger partial charge < -0.3 is 10.1 Å². The molecule has 2 rings (SSSR count). The maximum absolute atomic E-state index is 12.4. The van der Waals surface area contributed by atoms with Crippen molar-refractivity contribution < 1.29 is 9.53 Å². The molecule has 0 atom stereocenters. The van der Waals surface area contributed by atoms with Gasteiger partial charge in [0.2, 0.25) is 0 Å². The highest BCUT2D eigenvalue weighted by atomic mass is 79.9. The maximum Gasteiger partial charge on any atom is 0.255 e. The van der Waals surface area contributed by atoms with Crippen LogP contribution in [0.4, 0.5) is 0 Å². The van der Waals surface area contributed by atoms with Gasteiger partial charge in [-0.2, -0.15) is 0 Å². The number of amides is 1. The van der Waals surface area contributed by atoms with Crippen molar-refractivity contribution >= 4 is 33.4 Å². The molecule has 0 aliphatic heterocycles. The minimum absolute atomic E-state index is 0.0536. The number of carbonyl (C=O) groups is 1. The Morgan fingerprint density at radius 2 is 2.10 bits per heavy atom. The lowest BCUT2D eigenvalue weighted by Crippen LogP contribution is -2.40. The Bertz CT molecular complexity index is 501. The van der Waals surface area contributed by atoms with E-state index in [0.29, 0.717) is 23.7 Å². The molecule has 1 aromatic carbocycles. The molecule has 1 aliphatic rings. The van der Waals surface area contributed by atoms with E-state index in [4.69, 9.17) is 16.3 Å². The van der Waals surface area contributed by atoms with Crippen LogP contribution in [0.1, 0.15) is 42.5 Å². The van der Waals surface area contributed by atoms with Crippen LogP contribution in [0.5, 0.6) is 5.75 Å². The number of ether oxygens (including phenoxy) is 1. The summed E-state index contributed by atoms with van der Waals surface area (Å²) in [6.07, 6.45) is 5.85. The molecule has 21 heavy (non-hydrogen) atoms. The summed E-state index contributed by atoms with van der Waals surface area (Å²) in [6.45, 7) is 0.633. The molecule has 0 saturated heterocycles. The number of hydrogen-bond acceptors (Lipinski definition) is 2. The van der Waals surface area contributed by atoms with Gasteiger partial charge in [-0.1, -0.05) is 35.2 Å². The average Bonchev–Trinajstić information content (AvgIpc) is 2.53. The third kappa shape index (κ3) is 4.13. The number of nitrogens with one attached hydrogen (secondary N) is 1. The van der Waals surface area contributed by atoms with Crippen molar-refractivity contribution in [3.05, 3.63) is 28.2 Å². The molecule has 0 heterocycles. The van der Waals surface area contributed by atoms with Crippen molar-refractivity contribution in [3.8, 4) is 5.75 Å². The highest BCUT2D eigenvalue weighted by Gasteiger charge is 2.31. The van der Waals surface area contributed by atoms with Crippen LogP contribution in [0.15, 0.2) is 22.7 Å². The number of hydrogen-bond donors (Lipinski definition) is 1. The molecule has 3 nitrogen and oxygen atoms in total. The van der Waals surface area contributed by atoms with Gasteiger partial charge in [0.1, 0.15) is 5.75 Å². The third-order valence-corrected chi connectivity index (χ3v) is 5.29. The minimum Gasteiger partial charge on any atom is -0.496 e. The summed E-state index contributed by atoms with van der Waals surface area (Å²) in [5.41, 5.74) is 0.610. The fourth-order valence-corrected chi connectivity index (χ4v) is 3.58. The van der Waals surface area contributed by atoms with Gasteiger partial charge in [-0.05, 0) is 31.0 Å². The molecule has 1 aliphatic carbocycles. The molecule has 1 amide bonds. The third-order valence-electron chi connectivity index (χ3n) is 4.23. The van der Waals surface area contributed by atoms with Crippen LogP contribution in [0, 0.1) is 5.41 Å². The summed E-state index contributed by atoms with van der Waals surface area (Å²) in [5.74, 6) is 1.07. The second kappa shape index (κ2) is 7.50. The molecule has 0 aromatic heterocycles. The smallest absolute Gasteiger partial charge is 0.255 e. The Morgan fingerprint density at radius 1 is 1.38 bits per heavy atom. The van der Waals surface area contributed by atoms with Crippen LogP contribution in [-0.2, 0) is 0 Å². The van der Waals surface area contributed by atoms with Gasteiger partial charge in [0.15, 0.2) is 0 Å². The lowest BCUT2D eigenvalue weighted by Gasteiger charge is -2.35. The predicted molar refractivity (Wildman–Crippen MR) is 89.3 cm³/mol. The minimum atomic E-state index is -0.102. The summed E-state index contributed by atoms with van der Waals surface area (Å²) in [4.78, 5) is 12.4. The molecule has 0 spiro atoms. The van der Waals surface area contributed by atoms with Crippen molar-refractivity contribution in [2.24, 2.45) is 5.41 Å².